The van der Waals surface area contributed by atoms with Crippen molar-refractivity contribution in [2.45, 2.75) is 32.8 Å². The molecule has 2 N–H and O–H groups in total. The van der Waals surface area contributed by atoms with E-state index < -0.39 is 11.7 Å². The van der Waals surface area contributed by atoms with Crippen molar-refractivity contribution in [1.82, 2.24) is 10.6 Å². The second-order valence-electron chi connectivity index (χ2n) is 8.00. The highest BCUT2D eigenvalue weighted by molar-refractivity contribution is 6.28. The van der Waals surface area contributed by atoms with Gasteiger partial charge in [0.2, 0.25) is 0 Å². The maximum absolute atomic E-state index is 12.8. The van der Waals surface area contributed by atoms with Crippen LogP contribution in [0.1, 0.15) is 69.4 Å². The molecule has 7 heteroatoms. The monoisotopic (exact) mass is 408 g/mol. The van der Waals surface area contributed by atoms with Gasteiger partial charge in [0.25, 0.3) is 5.91 Å². The summed E-state index contributed by atoms with van der Waals surface area (Å²) >= 11 is 0. The van der Waals surface area contributed by atoms with Crippen LogP contribution < -0.4 is 10.6 Å². The zero-order valence-electron chi connectivity index (χ0n) is 17.2. The van der Waals surface area contributed by atoms with Crippen LogP contribution in [0, 0.1) is 0 Å². The molecule has 3 rings (SSSR count). The van der Waals surface area contributed by atoms with Crippen molar-refractivity contribution in [3.05, 3.63) is 70.3 Å². The van der Waals surface area contributed by atoms with Gasteiger partial charge >= 0.3 is 6.09 Å². The van der Waals surface area contributed by atoms with E-state index >= 15 is 0 Å². The summed E-state index contributed by atoms with van der Waals surface area (Å²) < 4.78 is 5.13. The fourth-order valence-electron chi connectivity index (χ4n) is 3.14. The number of rotatable bonds is 5. The lowest BCUT2D eigenvalue weighted by Crippen LogP contribution is -2.34. The third-order valence-corrected chi connectivity index (χ3v) is 4.49. The summed E-state index contributed by atoms with van der Waals surface area (Å²) in [6.45, 7) is 6.03. The zero-order chi connectivity index (χ0) is 21.9. The second-order valence-corrected chi connectivity index (χ2v) is 8.00. The van der Waals surface area contributed by atoms with E-state index in [0.29, 0.717) is 41.8 Å². The van der Waals surface area contributed by atoms with Gasteiger partial charge < -0.3 is 15.4 Å². The summed E-state index contributed by atoms with van der Waals surface area (Å²) in [6, 6.07) is 11.2. The quantitative estimate of drug-likeness (QED) is 0.632. The topological polar surface area (TPSA) is 102 Å². The first kappa shape index (κ1) is 21.2. The van der Waals surface area contributed by atoms with Gasteiger partial charge in [-0.15, -0.1) is 0 Å². The molecule has 0 saturated heterocycles. The van der Waals surface area contributed by atoms with Crippen LogP contribution in [0.2, 0.25) is 0 Å². The van der Waals surface area contributed by atoms with Crippen molar-refractivity contribution in [2.75, 3.05) is 13.1 Å². The van der Waals surface area contributed by atoms with Crippen LogP contribution in [-0.2, 0) is 4.74 Å². The standard InChI is InChI=1S/C23H24N2O5/c1-23(2,3)30-22(29)25-12-6-11-24-21(28)14-9-10-17-18(13-14)20(27)16-8-5-4-7-15(16)19(17)26/h4-5,7-10,13H,6,11-12H2,1-3H3,(H,24,28)(H,25,29). The molecule has 0 aromatic heterocycles. The minimum absolute atomic E-state index is 0.222. The Morgan fingerprint density at radius 3 is 2.03 bits per heavy atom. The molecule has 0 radical (unpaired) electrons. The molecule has 7 nitrogen and oxygen atoms in total. The second kappa shape index (κ2) is 8.49. The number of nitrogens with one attached hydrogen (secondary N) is 2. The fraction of sp³-hybridized carbons (Fsp3) is 0.304. The molecule has 30 heavy (non-hydrogen) atoms. The maximum Gasteiger partial charge on any atom is 0.407 e. The molecule has 0 fully saturated rings. The average molecular weight is 408 g/mol. The Morgan fingerprint density at radius 2 is 1.40 bits per heavy atom. The number of carbonyl (C=O) groups excluding carboxylic acids is 4. The number of hydrogen-bond donors (Lipinski definition) is 2. The van der Waals surface area contributed by atoms with Crippen LogP contribution in [0.5, 0.6) is 0 Å². The van der Waals surface area contributed by atoms with Gasteiger partial charge in [0.05, 0.1) is 0 Å². The largest absolute Gasteiger partial charge is 0.444 e. The van der Waals surface area contributed by atoms with Gasteiger partial charge in [0, 0.05) is 40.9 Å². The number of carbonyl (C=O) groups is 4. The molecule has 0 bridgehead atoms. The highest BCUT2D eigenvalue weighted by Crippen LogP contribution is 2.27. The Bertz CT molecular complexity index is 1020. The summed E-state index contributed by atoms with van der Waals surface area (Å²) in [7, 11) is 0. The van der Waals surface area contributed by atoms with Gasteiger partial charge in [0.1, 0.15) is 5.60 Å². The van der Waals surface area contributed by atoms with Gasteiger partial charge in [-0.25, -0.2) is 4.79 Å². The predicted octanol–water partition coefficient (Wildman–Crippen LogP) is 3.11. The number of amides is 2. The molecule has 2 aromatic rings. The SMILES string of the molecule is CC(C)(C)OC(=O)NCCCNC(=O)c1ccc2c(c1)C(=O)c1ccccc1C2=O. The number of fused-ring (bicyclic) bond motifs is 2. The highest BCUT2D eigenvalue weighted by atomic mass is 16.6. The van der Waals surface area contributed by atoms with Crippen molar-refractivity contribution in [3.63, 3.8) is 0 Å². The smallest absolute Gasteiger partial charge is 0.407 e. The molecule has 0 heterocycles. The van der Waals surface area contributed by atoms with Crippen LogP contribution >= 0.6 is 0 Å². The molecule has 0 atom stereocenters. The minimum Gasteiger partial charge on any atom is -0.444 e. The molecule has 0 unspecified atom stereocenters. The molecule has 156 valence electrons. The molecule has 0 aliphatic heterocycles. The first-order chi connectivity index (χ1) is 14.2. The third kappa shape index (κ3) is 4.74. The number of hydrogen-bond acceptors (Lipinski definition) is 5. The number of benzene rings is 2. The zero-order valence-corrected chi connectivity index (χ0v) is 17.2. The third-order valence-electron chi connectivity index (χ3n) is 4.49. The van der Waals surface area contributed by atoms with E-state index in [1.807, 2.05) is 0 Å². The Hall–Kier alpha value is -3.48. The first-order valence-electron chi connectivity index (χ1n) is 9.75. The van der Waals surface area contributed by atoms with Crippen LogP contribution in [-0.4, -0.2) is 42.3 Å². The Morgan fingerprint density at radius 1 is 0.833 bits per heavy atom. The van der Waals surface area contributed by atoms with Crippen molar-refractivity contribution < 1.29 is 23.9 Å². The molecule has 0 spiro atoms. The maximum atomic E-state index is 12.8. The van der Waals surface area contributed by atoms with Crippen LogP contribution in [0.3, 0.4) is 0 Å². The summed E-state index contributed by atoms with van der Waals surface area (Å²) in [5, 5.41) is 5.36. The normalized spacial score (nSPS) is 12.6. The summed E-state index contributed by atoms with van der Waals surface area (Å²) in [5.41, 5.74) is 0.999. The summed E-state index contributed by atoms with van der Waals surface area (Å²) in [6.07, 6.45) is 0.00717. The minimum atomic E-state index is -0.565. The van der Waals surface area contributed by atoms with E-state index in [0.717, 1.165) is 0 Å². The van der Waals surface area contributed by atoms with E-state index in [2.05, 4.69) is 10.6 Å². The van der Waals surface area contributed by atoms with Gasteiger partial charge in [-0.3, -0.25) is 14.4 Å². The van der Waals surface area contributed by atoms with Crippen molar-refractivity contribution >= 4 is 23.6 Å². The predicted molar refractivity (Wildman–Crippen MR) is 111 cm³/mol. The number of ether oxygens (including phenoxy) is 1. The molecule has 1 aliphatic rings. The molecule has 1 aliphatic carbocycles. The van der Waals surface area contributed by atoms with Crippen molar-refractivity contribution in [1.29, 1.82) is 0 Å². The fourth-order valence-corrected chi connectivity index (χ4v) is 3.14. The van der Waals surface area contributed by atoms with Crippen molar-refractivity contribution in [2.24, 2.45) is 0 Å². The lowest BCUT2D eigenvalue weighted by molar-refractivity contribution is 0.0527. The summed E-state index contributed by atoms with van der Waals surface area (Å²) in [4.78, 5) is 49.4. The Balaban J connectivity index is 1.58. The molecule has 2 amide bonds. The van der Waals surface area contributed by atoms with Gasteiger partial charge in [-0.1, -0.05) is 24.3 Å². The first-order valence-corrected chi connectivity index (χ1v) is 9.75. The van der Waals surface area contributed by atoms with E-state index in [1.54, 1.807) is 45.0 Å². The van der Waals surface area contributed by atoms with E-state index in [-0.39, 0.29) is 23.0 Å². The van der Waals surface area contributed by atoms with E-state index in [4.69, 9.17) is 4.74 Å². The lowest BCUT2D eigenvalue weighted by Gasteiger charge is -2.19. The number of alkyl carbamates (subject to hydrolysis) is 1. The molecular formula is C23H24N2O5. The van der Waals surface area contributed by atoms with Crippen LogP contribution in [0.4, 0.5) is 4.79 Å². The summed E-state index contributed by atoms with van der Waals surface area (Å²) in [5.74, 6) is -0.842. The Kier molecular flexibility index (Phi) is 6.01. The van der Waals surface area contributed by atoms with Gasteiger partial charge in [-0.2, -0.15) is 0 Å². The van der Waals surface area contributed by atoms with Gasteiger partial charge in [0.15, 0.2) is 11.6 Å². The lowest BCUT2D eigenvalue weighted by atomic mass is 9.83. The highest BCUT2D eigenvalue weighted by Gasteiger charge is 2.29. The molecular weight excluding hydrogens is 384 g/mol. The van der Waals surface area contributed by atoms with Crippen LogP contribution in [0.15, 0.2) is 42.5 Å². The van der Waals surface area contributed by atoms with Gasteiger partial charge in [-0.05, 0) is 45.4 Å². The molecule has 2 aromatic carbocycles. The van der Waals surface area contributed by atoms with E-state index in [9.17, 15) is 19.2 Å². The average Bonchev–Trinajstić information content (AvgIpc) is 2.70. The number of ketones is 2. The Labute approximate surface area is 174 Å². The van der Waals surface area contributed by atoms with Crippen molar-refractivity contribution in [3.8, 4) is 0 Å². The van der Waals surface area contributed by atoms with E-state index in [1.165, 1.54) is 18.2 Å². The van der Waals surface area contributed by atoms with Crippen LogP contribution in [0.25, 0.3) is 0 Å². The molecule has 0 saturated carbocycles.